The molecule has 0 radical (unpaired) electrons. The third-order valence-corrected chi connectivity index (χ3v) is 7.58. The van der Waals surface area contributed by atoms with Crippen molar-refractivity contribution < 1.29 is 24.2 Å². The van der Waals surface area contributed by atoms with E-state index in [1.165, 1.54) is 0 Å². The van der Waals surface area contributed by atoms with Crippen LogP contribution in [0.15, 0.2) is 78.9 Å². The van der Waals surface area contributed by atoms with Gasteiger partial charge in [-0.05, 0) is 87.8 Å². The summed E-state index contributed by atoms with van der Waals surface area (Å²) in [5.74, 6) is -0.215. The molecule has 0 aliphatic carbocycles. The summed E-state index contributed by atoms with van der Waals surface area (Å²) in [7, 11) is 0. The van der Waals surface area contributed by atoms with Gasteiger partial charge in [0.2, 0.25) is 11.8 Å². The molecule has 8 nitrogen and oxygen atoms in total. The van der Waals surface area contributed by atoms with Crippen molar-refractivity contribution in [2.75, 3.05) is 0 Å². The minimum Gasteiger partial charge on any atom is -0.508 e. The van der Waals surface area contributed by atoms with Gasteiger partial charge in [0.25, 0.3) is 0 Å². The number of phenolic OH excluding ortho intramolecular Hbond substituents is 1. The summed E-state index contributed by atoms with van der Waals surface area (Å²) in [6.07, 6.45) is 0.920. The fourth-order valence-electron chi connectivity index (χ4n) is 5.20. The van der Waals surface area contributed by atoms with Gasteiger partial charge < -0.3 is 25.4 Å². The van der Waals surface area contributed by atoms with Crippen LogP contribution in [0.5, 0.6) is 5.75 Å². The Morgan fingerprint density at radius 3 is 2.07 bits per heavy atom. The van der Waals surface area contributed by atoms with E-state index in [0.29, 0.717) is 24.4 Å². The van der Waals surface area contributed by atoms with Crippen molar-refractivity contribution in [2.24, 2.45) is 5.92 Å². The number of hydrogen-bond donors (Lipinski definition) is 3. The Labute approximate surface area is 268 Å². The van der Waals surface area contributed by atoms with Gasteiger partial charge in [-0.25, -0.2) is 4.79 Å². The summed E-state index contributed by atoms with van der Waals surface area (Å²) in [6, 6.07) is 21.4. The maximum Gasteiger partial charge on any atom is 0.408 e. The summed E-state index contributed by atoms with van der Waals surface area (Å²) < 4.78 is 5.55. The van der Waals surface area contributed by atoms with Crippen LogP contribution in [0.25, 0.3) is 0 Å². The maximum atomic E-state index is 14.8. The van der Waals surface area contributed by atoms with Gasteiger partial charge in [0.05, 0.1) is 0 Å². The number of carbonyl (C=O) groups excluding carboxylic acids is 3. The first kappa shape index (κ1) is 35.2. The zero-order chi connectivity index (χ0) is 33.1. The van der Waals surface area contributed by atoms with Crippen molar-refractivity contribution in [1.29, 1.82) is 0 Å². The fourth-order valence-corrected chi connectivity index (χ4v) is 5.20. The molecule has 0 bridgehead atoms. The van der Waals surface area contributed by atoms with E-state index in [1.807, 2.05) is 68.4 Å². The number of benzene rings is 3. The zero-order valence-electron chi connectivity index (χ0n) is 27.7. The number of rotatable bonds is 13. The molecule has 0 saturated carbocycles. The van der Waals surface area contributed by atoms with E-state index in [-0.39, 0.29) is 24.1 Å². The number of carbonyl (C=O) groups is 3. The van der Waals surface area contributed by atoms with Crippen molar-refractivity contribution >= 4 is 17.9 Å². The Morgan fingerprint density at radius 1 is 0.844 bits per heavy atom. The largest absolute Gasteiger partial charge is 0.508 e. The Kier molecular flexibility index (Phi) is 12.6. The molecule has 8 heteroatoms. The molecule has 0 heterocycles. The van der Waals surface area contributed by atoms with Crippen LogP contribution in [0.3, 0.4) is 0 Å². The summed E-state index contributed by atoms with van der Waals surface area (Å²) >= 11 is 0. The summed E-state index contributed by atoms with van der Waals surface area (Å²) in [5, 5.41) is 15.7. The Bertz CT molecular complexity index is 1400. The van der Waals surface area contributed by atoms with Gasteiger partial charge in [-0.1, -0.05) is 80.6 Å². The molecule has 0 aliphatic heterocycles. The van der Waals surface area contributed by atoms with E-state index < -0.39 is 29.7 Å². The molecule has 3 aromatic rings. The highest BCUT2D eigenvalue weighted by Gasteiger charge is 2.39. The number of ether oxygens (including phenoxy) is 1. The summed E-state index contributed by atoms with van der Waals surface area (Å²) in [5.41, 5.74) is 2.49. The molecule has 3 rings (SSSR count). The highest BCUT2D eigenvalue weighted by atomic mass is 16.6. The molecule has 3 N–H and O–H groups in total. The minimum atomic E-state index is -1.04. The number of aryl methyl sites for hydroxylation is 1. The topological polar surface area (TPSA) is 108 Å². The van der Waals surface area contributed by atoms with E-state index in [0.717, 1.165) is 23.1 Å². The number of nitrogens with zero attached hydrogens (tertiary/aromatic N) is 1. The number of amides is 3. The van der Waals surface area contributed by atoms with Gasteiger partial charge in [0.1, 0.15) is 23.4 Å². The molecule has 45 heavy (non-hydrogen) atoms. The van der Waals surface area contributed by atoms with E-state index in [2.05, 4.69) is 24.5 Å². The van der Waals surface area contributed by atoms with Crippen molar-refractivity contribution in [3.8, 4) is 5.75 Å². The van der Waals surface area contributed by atoms with Crippen LogP contribution in [-0.4, -0.2) is 45.6 Å². The second-order valence-electron chi connectivity index (χ2n) is 13.1. The van der Waals surface area contributed by atoms with Crippen molar-refractivity contribution in [1.82, 2.24) is 15.5 Å². The normalized spacial score (nSPS) is 13.4. The Hall–Kier alpha value is -4.33. The van der Waals surface area contributed by atoms with Crippen LogP contribution in [0.1, 0.15) is 82.7 Å². The van der Waals surface area contributed by atoms with Gasteiger partial charge >= 0.3 is 6.09 Å². The molecular formula is C37H49N3O5. The van der Waals surface area contributed by atoms with E-state index in [9.17, 15) is 19.5 Å². The first-order valence-corrected chi connectivity index (χ1v) is 15.7. The highest BCUT2D eigenvalue weighted by molar-refractivity contribution is 5.92. The smallest absolute Gasteiger partial charge is 0.408 e. The predicted molar refractivity (Wildman–Crippen MR) is 178 cm³/mol. The maximum absolute atomic E-state index is 14.8. The average Bonchev–Trinajstić information content (AvgIpc) is 2.98. The second kappa shape index (κ2) is 16.1. The lowest BCUT2D eigenvalue weighted by atomic mass is 9.94. The number of alkyl carbamates (subject to hydrolysis) is 1. The lowest BCUT2D eigenvalue weighted by Crippen LogP contribution is -2.56. The molecule has 0 saturated heterocycles. The van der Waals surface area contributed by atoms with Gasteiger partial charge in [-0.15, -0.1) is 0 Å². The van der Waals surface area contributed by atoms with Crippen LogP contribution in [-0.2, 0) is 27.3 Å². The van der Waals surface area contributed by atoms with Crippen LogP contribution in [0.4, 0.5) is 4.79 Å². The van der Waals surface area contributed by atoms with Gasteiger partial charge in [0, 0.05) is 19.0 Å². The first-order valence-electron chi connectivity index (χ1n) is 15.7. The monoisotopic (exact) mass is 615 g/mol. The highest BCUT2D eigenvalue weighted by Crippen LogP contribution is 2.30. The van der Waals surface area contributed by atoms with Crippen LogP contribution >= 0.6 is 0 Å². The summed E-state index contributed by atoms with van der Waals surface area (Å²) in [6.45, 7) is 13.7. The lowest BCUT2D eigenvalue weighted by Gasteiger charge is -2.39. The molecular weight excluding hydrogens is 566 g/mol. The molecule has 0 spiro atoms. The zero-order valence-corrected chi connectivity index (χ0v) is 27.7. The molecule has 0 aliphatic rings. The van der Waals surface area contributed by atoms with Crippen molar-refractivity contribution in [2.45, 2.75) is 98.0 Å². The molecule has 3 amide bonds. The number of phenols is 1. The third-order valence-electron chi connectivity index (χ3n) is 7.58. The van der Waals surface area contributed by atoms with Gasteiger partial charge in [-0.2, -0.15) is 0 Å². The van der Waals surface area contributed by atoms with Crippen LogP contribution in [0.2, 0.25) is 0 Å². The number of aromatic hydroxyl groups is 1. The minimum absolute atomic E-state index is 0.0976. The lowest BCUT2D eigenvalue weighted by molar-refractivity contribution is -0.145. The molecule has 242 valence electrons. The van der Waals surface area contributed by atoms with Crippen molar-refractivity contribution in [3.05, 3.63) is 101 Å². The third kappa shape index (κ3) is 11.0. The van der Waals surface area contributed by atoms with E-state index in [4.69, 9.17) is 4.74 Å². The average molecular weight is 616 g/mol. The van der Waals surface area contributed by atoms with E-state index >= 15 is 0 Å². The standard InChI is InChI=1S/C37H49N3O5/c1-25(2)17-18-27(4)40(33(31-16-12-11-13-26(31)3)34(42)38-24-29-14-9-8-10-15-29)35(43)32(39-36(44)45-37(5,6)7)23-28-19-21-30(41)22-20-28/h8-16,19-22,25,27,32-33,41H,17-18,23-24H2,1-7H3,(H,38,42)(H,39,44). The van der Waals surface area contributed by atoms with Crippen LogP contribution < -0.4 is 10.6 Å². The second-order valence-corrected chi connectivity index (χ2v) is 13.1. The SMILES string of the molecule is Cc1ccccc1C(C(=O)NCc1ccccc1)N(C(=O)C(Cc1ccc(O)cc1)NC(=O)OC(C)(C)C)C(C)CCC(C)C. The van der Waals surface area contributed by atoms with Gasteiger partial charge in [-0.3, -0.25) is 9.59 Å². The molecule has 0 fully saturated rings. The van der Waals surface area contributed by atoms with Gasteiger partial charge in [0.15, 0.2) is 0 Å². The quantitative estimate of drug-likeness (QED) is 0.195. The fraction of sp³-hybridized carbons (Fsp3) is 0.432. The van der Waals surface area contributed by atoms with Crippen LogP contribution in [0, 0.1) is 12.8 Å². The van der Waals surface area contributed by atoms with E-state index in [1.54, 1.807) is 49.9 Å². The predicted octanol–water partition coefficient (Wildman–Crippen LogP) is 6.85. The molecule has 3 aromatic carbocycles. The van der Waals surface area contributed by atoms with Crippen molar-refractivity contribution in [3.63, 3.8) is 0 Å². The Morgan fingerprint density at radius 2 is 1.47 bits per heavy atom. The summed E-state index contributed by atoms with van der Waals surface area (Å²) in [4.78, 5) is 43.8. The Balaban J connectivity index is 2.10. The first-order chi connectivity index (χ1) is 21.2. The molecule has 3 unspecified atom stereocenters. The molecule has 0 aromatic heterocycles. The number of hydrogen-bond acceptors (Lipinski definition) is 5. The number of nitrogens with one attached hydrogen (secondary N) is 2. The molecule has 3 atom stereocenters.